The van der Waals surface area contributed by atoms with Crippen LogP contribution in [0.5, 0.6) is 0 Å². The molecule has 2 heterocycles. The molecule has 0 radical (unpaired) electrons. The number of carbonyl (C=O) groups excluding carboxylic acids is 1. The lowest BCUT2D eigenvalue weighted by atomic mass is 9.88. The van der Waals surface area contributed by atoms with Crippen LogP contribution in [-0.2, 0) is 10.3 Å². The maximum Gasteiger partial charge on any atom is 0.339 e. The Bertz CT molecular complexity index is 509. The second kappa shape index (κ2) is 3.82. The van der Waals surface area contributed by atoms with Crippen LogP contribution in [0.3, 0.4) is 0 Å². The SMILES string of the molecule is CC(C)c1ccc2c(c1)C1(CCN(C)C1)OC2=O. The van der Waals surface area contributed by atoms with Gasteiger partial charge in [-0.1, -0.05) is 26.0 Å². The number of fused-ring (bicyclic) bond motifs is 2. The second-order valence-electron chi connectivity index (χ2n) is 5.83. The highest BCUT2D eigenvalue weighted by Crippen LogP contribution is 2.43. The van der Waals surface area contributed by atoms with Gasteiger partial charge in [0.25, 0.3) is 0 Å². The highest BCUT2D eigenvalue weighted by Gasteiger charge is 2.49. The average Bonchev–Trinajstić information content (AvgIpc) is 2.82. The number of esters is 1. The number of likely N-dealkylation sites (N-methyl/N-ethyl adjacent to an activating group) is 1. The van der Waals surface area contributed by atoms with Gasteiger partial charge in [-0.2, -0.15) is 0 Å². The summed E-state index contributed by atoms with van der Waals surface area (Å²) in [5.74, 6) is 0.317. The van der Waals surface area contributed by atoms with Gasteiger partial charge in [-0.15, -0.1) is 0 Å². The minimum Gasteiger partial charge on any atom is -0.449 e. The molecule has 1 saturated heterocycles. The van der Waals surface area contributed by atoms with Crippen molar-refractivity contribution in [1.82, 2.24) is 4.90 Å². The number of hydrogen-bond acceptors (Lipinski definition) is 3. The molecule has 0 bridgehead atoms. The van der Waals surface area contributed by atoms with Crippen molar-refractivity contribution in [3.8, 4) is 0 Å². The van der Waals surface area contributed by atoms with E-state index in [9.17, 15) is 4.79 Å². The van der Waals surface area contributed by atoms with Crippen LogP contribution in [0.1, 0.15) is 47.7 Å². The van der Waals surface area contributed by atoms with Crippen LogP contribution in [0.4, 0.5) is 0 Å². The highest BCUT2D eigenvalue weighted by atomic mass is 16.6. The van der Waals surface area contributed by atoms with E-state index in [1.165, 1.54) is 5.56 Å². The fourth-order valence-corrected chi connectivity index (χ4v) is 3.03. The van der Waals surface area contributed by atoms with Crippen molar-refractivity contribution in [2.45, 2.75) is 31.8 Å². The molecule has 1 atom stereocenters. The van der Waals surface area contributed by atoms with Crippen molar-refractivity contribution < 1.29 is 9.53 Å². The van der Waals surface area contributed by atoms with E-state index in [1.54, 1.807) is 0 Å². The van der Waals surface area contributed by atoms with E-state index in [0.29, 0.717) is 5.92 Å². The van der Waals surface area contributed by atoms with Crippen LogP contribution in [0, 0.1) is 0 Å². The molecule has 1 fully saturated rings. The molecular weight excluding hydrogens is 226 g/mol. The third-order valence-corrected chi connectivity index (χ3v) is 4.13. The summed E-state index contributed by atoms with van der Waals surface area (Å²) in [7, 11) is 2.08. The lowest BCUT2D eigenvalue weighted by molar-refractivity contribution is -0.00226. The van der Waals surface area contributed by atoms with E-state index < -0.39 is 0 Å². The van der Waals surface area contributed by atoms with Gasteiger partial charge in [0.1, 0.15) is 0 Å². The van der Waals surface area contributed by atoms with Crippen molar-refractivity contribution in [2.24, 2.45) is 0 Å². The van der Waals surface area contributed by atoms with E-state index in [2.05, 4.69) is 31.9 Å². The maximum absolute atomic E-state index is 12.0. The van der Waals surface area contributed by atoms with Crippen molar-refractivity contribution in [2.75, 3.05) is 20.1 Å². The van der Waals surface area contributed by atoms with Crippen molar-refractivity contribution >= 4 is 5.97 Å². The number of ether oxygens (including phenoxy) is 1. The minimum atomic E-state index is -0.383. The number of hydrogen-bond donors (Lipinski definition) is 0. The van der Waals surface area contributed by atoms with Gasteiger partial charge in [0.05, 0.1) is 5.56 Å². The Balaban J connectivity index is 2.10. The van der Waals surface area contributed by atoms with Gasteiger partial charge in [0.15, 0.2) is 5.60 Å². The highest BCUT2D eigenvalue weighted by molar-refractivity contribution is 5.95. The second-order valence-corrected chi connectivity index (χ2v) is 5.83. The first-order valence-corrected chi connectivity index (χ1v) is 6.58. The first-order chi connectivity index (χ1) is 8.52. The van der Waals surface area contributed by atoms with Gasteiger partial charge in [-0.25, -0.2) is 4.79 Å². The fourth-order valence-electron chi connectivity index (χ4n) is 3.03. The lowest BCUT2D eigenvalue weighted by Gasteiger charge is -2.23. The summed E-state index contributed by atoms with van der Waals surface area (Å²) in [6.07, 6.45) is 0.907. The molecule has 1 spiro atoms. The molecule has 0 aliphatic carbocycles. The molecule has 0 amide bonds. The van der Waals surface area contributed by atoms with Gasteiger partial charge in [0, 0.05) is 25.1 Å². The summed E-state index contributed by atoms with van der Waals surface area (Å²) >= 11 is 0. The summed E-state index contributed by atoms with van der Waals surface area (Å²) in [6.45, 7) is 6.14. The van der Waals surface area contributed by atoms with Crippen molar-refractivity contribution in [1.29, 1.82) is 0 Å². The molecule has 1 unspecified atom stereocenters. The predicted molar refractivity (Wildman–Crippen MR) is 69.7 cm³/mol. The fraction of sp³-hybridized carbons (Fsp3) is 0.533. The van der Waals surface area contributed by atoms with Crippen molar-refractivity contribution in [3.05, 3.63) is 34.9 Å². The summed E-state index contributed by atoms with van der Waals surface area (Å²) in [4.78, 5) is 14.2. The zero-order valence-corrected chi connectivity index (χ0v) is 11.2. The zero-order valence-electron chi connectivity index (χ0n) is 11.2. The van der Waals surface area contributed by atoms with E-state index in [1.807, 2.05) is 12.1 Å². The van der Waals surface area contributed by atoms with E-state index >= 15 is 0 Å². The summed E-state index contributed by atoms with van der Waals surface area (Å²) in [6, 6.07) is 6.15. The topological polar surface area (TPSA) is 29.5 Å². The Morgan fingerprint density at radius 1 is 1.39 bits per heavy atom. The summed E-state index contributed by atoms with van der Waals surface area (Å²) in [5, 5.41) is 0. The first-order valence-electron chi connectivity index (χ1n) is 6.58. The molecule has 0 aromatic heterocycles. The third-order valence-electron chi connectivity index (χ3n) is 4.13. The van der Waals surface area contributed by atoms with Crippen LogP contribution < -0.4 is 0 Å². The largest absolute Gasteiger partial charge is 0.449 e. The van der Waals surface area contributed by atoms with Crippen LogP contribution in [-0.4, -0.2) is 31.0 Å². The Morgan fingerprint density at radius 3 is 2.78 bits per heavy atom. The van der Waals surface area contributed by atoms with E-state index in [-0.39, 0.29) is 11.6 Å². The molecule has 3 rings (SSSR count). The molecule has 3 heteroatoms. The van der Waals surface area contributed by atoms with E-state index in [4.69, 9.17) is 4.74 Å². The standard InChI is InChI=1S/C15H19NO2/c1-10(2)11-4-5-12-13(8-11)15(18-14(12)17)6-7-16(3)9-15/h4-5,8,10H,6-7,9H2,1-3H3. The van der Waals surface area contributed by atoms with Gasteiger partial charge in [-0.05, 0) is 24.6 Å². The predicted octanol–water partition coefficient (Wildman–Crippen LogP) is 2.51. The molecule has 0 N–H and O–H groups in total. The number of likely N-dealkylation sites (tertiary alicyclic amines) is 1. The monoisotopic (exact) mass is 245 g/mol. The van der Waals surface area contributed by atoms with Crippen LogP contribution in [0.25, 0.3) is 0 Å². The van der Waals surface area contributed by atoms with Crippen LogP contribution in [0.2, 0.25) is 0 Å². The van der Waals surface area contributed by atoms with E-state index in [0.717, 1.165) is 30.6 Å². The normalized spacial score (nSPS) is 27.0. The Kier molecular flexibility index (Phi) is 2.49. The number of benzene rings is 1. The van der Waals surface area contributed by atoms with Crippen LogP contribution >= 0.6 is 0 Å². The molecule has 2 aliphatic rings. The summed E-state index contributed by atoms with van der Waals surface area (Å²) in [5.41, 5.74) is 2.75. The van der Waals surface area contributed by atoms with Crippen LogP contribution in [0.15, 0.2) is 18.2 Å². The molecule has 0 saturated carbocycles. The molecule has 1 aromatic rings. The average molecular weight is 245 g/mol. The van der Waals surface area contributed by atoms with Gasteiger partial charge in [0.2, 0.25) is 0 Å². The molecule has 18 heavy (non-hydrogen) atoms. The van der Waals surface area contributed by atoms with Crippen molar-refractivity contribution in [3.63, 3.8) is 0 Å². The maximum atomic E-state index is 12.0. The molecule has 96 valence electrons. The Morgan fingerprint density at radius 2 is 2.17 bits per heavy atom. The van der Waals surface area contributed by atoms with Gasteiger partial charge in [-0.3, -0.25) is 0 Å². The Labute approximate surface area is 108 Å². The lowest BCUT2D eigenvalue weighted by Crippen LogP contribution is -2.29. The number of nitrogens with zero attached hydrogens (tertiary/aromatic N) is 1. The first kappa shape index (κ1) is 11.7. The zero-order chi connectivity index (χ0) is 12.9. The minimum absolute atomic E-state index is 0.157. The smallest absolute Gasteiger partial charge is 0.339 e. The molecule has 2 aliphatic heterocycles. The molecule has 1 aromatic carbocycles. The quantitative estimate of drug-likeness (QED) is 0.712. The number of rotatable bonds is 1. The molecule has 3 nitrogen and oxygen atoms in total. The number of carbonyl (C=O) groups is 1. The molecular formula is C15H19NO2. The van der Waals surface area contributed by atoms with Gasteiger partial charge < -0.3 is 9.64 Å². The van der Waals surface area contributed by atoms with Gasteiger partial charge >= 0.3 is 5.97 Å². The summed E-state index contributed by atoms with van der Waals surface area (Å²) < 4.78 is 5.70. The Hall–Kier alpha value is -1.35. The third kappa shape index (κ3) is 1.57.